The number of aromatic nitrogens is 2. The van der Waals surface area contributed by atoms with Crippen LogP contribution in [-0.2, 0) is 11.2 Å². The highest BCUT2D eigenvalue weighted by atomic mass is 19.1. The third-order valence-electron chi connectivity index (χ3n) is 4.05. The van der Waals surface area contributed by atoms with E-state index in [9.17, 15) is 9.18 Å². The van der Waals surface area contributed by atoms with Crippen molar-refractivity contribution in [1.29, 1.82) is 0 Å². The number of rotatable bonds is 9. The lowest BCUT2D eigenvalue weighted by molar-refractivity contribution is -0.116. The smallest absolute Gasteiger partial charge is 0.227 e. The molecule has 0 saturated heterocycles. The predicted molar refractivity (Wildman–Crippen MR) is 103 cm³/mol. The molecule has 1 heterocycles. The number of aryl methyl sites for hydroxylation is 1. The summed E-state index contributed by atoms with van der Waals surface area (Å²) in [5, 5.41) is 6.73. The highest BCUT2D eigenvalue weighted by Gasteiger charge is 2.12. The molecule has 0 bridgehead atoms. The molecule has 0 aliphatic heterocycles. The summed E-state index contributed by atoms with van der Waals surface area (Å²) in [5.74, 6) is 0.865. The summed E-state index contributed by atoms with van der Waals surface area (Å²) in [4.78, 5) is 16.5. The summed E-state index contributed by atoms with van der Waals surface area (Å²) in [5.41, 5.74) is 1.29. The van der Waals surface area contributed by atoms with Crippen LogP contribution in [0.4, 0.5) is 10.1 Å². The van der Waals surface area contributed by atoms with E-state index >= 15 is 0 Å². The summed E-state index contributed by atoms with van der Waals surface area (Å²) in [7, 11) is 0. The predicted octanol–water partition coefficient (Wildman–Crippen LogP) is 4.63. The van der Waals surface area contributed by atoms with Crippen molar-refractivity contribution < 1.29 is 18.4 Å². The highest BCUT2D eigenvalue weighted by Crippen LogP contribution is 2.24. The van der Waals surface area contributed by atoms with Gasteiger partial charge < -0.3 is 14.6 Å². The molecule has 1 N–H and O–H groups in total. The Morgan fingerprint density at radius 1 is 1.18 bits per heavy atom. The number of unbranched alkanes of at least 4 members (excludes halogenated alkanes) is 1. The zero-order valence-corrected chi connectivity index (χ0v) is 15.7. The standard InChI is InChI=1S/C21H22FN3O3/c1-2-3-14-27-18-7-5-4-6-17(18)23-19(26)12-13-20-24-21(25-28-20)15-8-10-16(22)11-9-15/h4-11H,2-3,12-14H2,1H3,(H,23,26). The Labute approximate surface area is 162 Å². The highest BCUT2D eigenvalue weighted by molar-refractivity contribution is 5.92. The molecule has 7 heteroatoms. The van der Waals surface area contributed by atoms with Crippen molar-refractivity contribution in [1.82, 2.24) is 10.1 Å². The largest absolute Gasteiger partial charge is 0.491 e. The lowest BCUT2D eigenvalue weighted by Gasteiger charge is -2.11. The number of halogens is 1. The zero-order chi connectivity index (χ0) is 19.8. The van der Waals surface area contributed by atoms with Crippen molar-refractivity contribution in [2.24, 2.45) is 0 Å². The van der Waals surface area contributed by atoms with E-state index in [0.717, 1.165) is 12.8 Å². The quantitative estimate of drug-likeness (QED) is 0.545. The van der Waals surface area contributed by atoms with E-state index in [4.69, 9.17) is 9.26 Å². The number of ether oxygens (including phenoxy) is 1. The minimum absolute atomic E-state index is 0.173. The van der Waals surface area contributed by atoms with Gasteiger partial charge in [0.1, 0.15) is 11.6 Å². The van der Waals surface area contributed by atoms with E-state index in [2.05, 4.69) is 22.4 Å². The van der Waals surface area contributed by atoms with Crippen LogP contribution >= 0.6 is 0 Å². The van der Waals surface area contributed by atoms with E-state index in [1.807, 2.05) is 18.2 Å². The van der Waals surface area contributed by atoms with Crippen LogP contribution in [0.2, 0.25) is 0 Å². The van der Waals surface area contributed by atoms with Crippen molar-refractivity contribution in [2.45, 2.75) is 32.6 Å². The molecular formula is C21H22FN3O3. The number of nitrogens with one attached hydrogen (secondary N) is 1. The summed E-state index contributed by atoms with van der Waals surface area (Å²) >= 11 is 0. The normalized spacial score (nSPS) is 10.6. The number of benzene rings is 2. The second-order valence-corrected chi connectivity index (χ2v) is 6.26. The molecule has 0 spiro atoms. The number of hydrogen-bond donors (Lipinski definition) is 1. The Kier molecular flexibility index (Phi) is 6.73. The van der Waals surface area contributed by atoms with E-state index in [0.29, 0.717) is 41.7 Å². The topological polar surface area (TPSA) is 77.2 Å². The monoisotopic (exact) mass is 383 g/mol. The van der Waals surface area contributed by atoms with Gasteiger partial charge in [-0.1, -0.05) is 30.6 Å². The molecule has 1 amide bonds. The molecule has 3 aromatic rings. The zero-order valence-electron chi connectivity index (χ0n) is 15.7. The van der Waals surface area contributed by atoms with Gasteiger partial charge in [0.2, 0.25) is 17.6 Å². The van der Waals surface area contributed by atoms with Gasteiger partial charge in [-0.15, -0.1) is 0 Å². The van der Waals surface area contributed by atoms with Crippen LogP contribution in [-0.4, -0.2) is 22.7 Å². The number of amides is 1. The second kappa shape index (κ2) is 9.64. The van der Waals surface area contributed by atoms with E-state index in [-0.39, 0.29) is 18.1 Å². The second-order valence-electron chi connectivity index (χ2n) is 6.26. The van der Waals surface area contributed by atoms with Crippen LogP contribution in [0, 0.1) is 5.82 Å². The third-order valence-corrected chi connectivity index (χ3v) is 4.05. The van der Waals surface area contributed by atoms with Crippen LogP contribution in [0.15, 0.2) is 53.1 Å². The van der Waals surface area contributed by atoms with Gasteiger partial charge in [0.25, 0.3) is 0 Å². The SMILES string of the molecule is CCCCOc1ccccc1NC(=O)CCc1nc(-c2ccc(F)cc2)no1. The lowest BCUT2D eigenvalue weighted by Crippen LogP contribution is -2.13. The Morgan fingerprint density at radius 2 is 1.96 bits per heavy atom. The minimum Gasteiger partial charge on any atom is -0.491 e. The fraction of sp³-hybridized carbons (Fsp3) is 0.286. The molecule has 2 aromatic carbocycles. The molecule has 0 atom stereocenters. The van der Waals surface area contributed by atoms with Crippen molar-refractivity contribution in [2.75, 3.05) is 11.9 Å². The molecule has 1 aromatic heterocycles. The number of anilines is 1. The van der Waals surface area contributed by atoms with Crippen molar-refractivity contribution in [3.05, 3.63) is 60.2 Å². The van der Waals surface area contributed by atoms with Crippen molar-refractivity contribution >= 4 is 11.6 Å². The molecule has 3 rings (SSSR count). The van der Waals surface area contributed by atoms with Gasteiger partial charge in [0.15, 0.2) is 0 Å². The number of nitrogens with zero attached hydrogens (tertiary/aromatic N) is 2. The number of para-hydroxylation sites is 2. The first kappa shape index (κ1) is 19.5. The van der Waals surface area contributed by atoms with Crippen LogP contribution < -0.4 is 10.1 Å². The summed E-state index contributed by atoms with van der Waals surface area (Å²) < 4.78 is 23.9. The fourth-order valence-electron chi connectivity index (χ4n) is 2.53. The minimum atomic E-state index is -0.330. The molecule has 0 unspecified atom stereocenters. The van der Waals surface area contributed by atoms with Crippen molar-refractivity contribution in [3.8, 4) is 17.1 Å². The van der Waals surface area contributed by atoms with E-state index < -0.39 is 0 Å². The third kappa shape index (κ3) is 5.39. The van der Waals surface area contributed by atoms with Gasteiger partial charge in [-0.25, -0.2) is 4.39 Å². The van der Waals surface area contributed by atoms with Crippen LogP contribution in [0.25, 0.3) is 11.4 Å². The molecule has 6 nitrogen and oxygen atoms in total. The van der Waals surface area contributed by atoms with Crippen LogP contribution in [0.3, 0.4) is 0 Å². The van der Waals surface area contributed by atoms with Gasteiger partial charge >= 0.3 is 0 Å². The maximum atomic E-state index is 13.0. The first-order chi connectivity index (χ1) is 13.7. The Morgan fingerprint density at radius 3 is 2.75 bits per heavy atom. The van der Waals surface area contributed by atoms with Crippen molar-refractivity contribution in [3.63, 3.8) is 0 Å². The number of carbonyl (C=O) groups excluding carboxylic acids is 1. The van der Waals surface area contributed by atoms with Gasteiger partial charge in [-0.05, 0) is 42.8 Å². The fourth-order valence-corrected chi connectivity index (χ4v) is 2.53. The molecule has 28 heavy (non-hydrogen) atoms. The van der Waals surface area contributed by atoms with Gasteiger partial charge in [0.05, 0.1) is 12.3 Å². The average Bonchev–Trinajstić information content (AvgIpc) is 3.17. The average molecular weight is 383 g/mol. The molecule has 0 radical (unpaired) electrons. The van der Waals surface area contributed by atoms with E-state index in [1.54, 1.807) is 18.2 Å². The van der Waals surface area contributed by atoms with Crippen LogP contribution in [0.5, 0.6) is 5.75 Å². The van der Waals surface area contributed by atoms with Gasteiger partial charge in [-0.2, -0.15) is 4.98 Å². The molecule has 0 aliphatic rings. The summed E-state index contributed by atoms with van der Waals surface area (Å²) in [6.07, 6.45) is 2.49. The molecule has 0 aliphatic carbocycles. The Balaban J connectivity index is 1.54. The summed E-state index contributed by atoms with van der Waals surface area (Å²) in [6.45, 7) is 2.70. The molecular weight excluding hydrogens is 361 g/mol. The number of hydrogen-bond acceptors (Lipinski definition) is 5. The molecule has 0 saturated carbocycles. The first-order valence-corrected chi connectivity index (χ1v) is 9.26. The lowest BCUT2D eigenvalue weighted by atomic mass is 10.2. The molecule has 146 valence electrons. The molecule has 0 fully saturated rings. The Bertz CT molecular complexity index is 909. The summed E-state index contributed by atoms with van der Waals surface area (Å²) in [6, 6.07) is 13.2. The van der Waals surface area contributed by atoms with Crippen LogP contribution in [0.1, 0.15) is 32.1 Å². The number of carbonyl (C=O) groups is 1. The van der Waals surface area contributed by atoms with Gasteiger partial charge in [-0.3, -0.25) is 4.79 Å². The maximum absolute atomic E-state index is 13.0. The van der Waals surface area contributed by atoms with E-state index in [1.165, 1.54) is 12.1 Å². The van der Waals surface area contributed by atoms with Gasteiger partial charge in [0, 0.05) is 18.4 Å². The first-order valence-electron chi connectivity index (χ1n) is 9.26. The Hall–Kier alpha value is -3.22. The maximum Gasteiger partial charge on any atom is 0.227 e.